The van der Waals surface area contributed by atoms with Crippen LogP contribution in [0.15, 0.2) is 54.6 Å². The SMILES string of the molecule is CN(C)Cc1nc2ccccc2n1CCC(=O)c1ccccc1. The van der Waals surface area contributed by atoms with Crippen LogP contribution < -0.4 is 0 Å². The van der Waals surface area contributed by atoms with Gasteiger partial charge in [0.15, 0.2) is 5.78 Å². The second-order valence-electron chi connectivity index (χ2n) is 5.95. The quantitative estimate of drug-likeness (QED) is 0.655. The van der Waals surface area contributed by atoms with Crippen LogP contribution in [-0.2, 0) is 13.1 Å². The van der Waals surface area contributed by atoms with Gasteiger partial charge in [-0.2, -0.15) is 0 Å². The maximum atomic E-state index is 12.4. The van der Waals surface area contributed by atoms with Crippen LogP contribution in [0.1, 0.15) is 22.6 Å². The van der Waals surface area contributed by atoms with E-state index in [1.807, 2.05) is 62.6 Å². The lowest BCUT2D eigenvalue weighted by atomic mass is 10.1. The van der Waals surface area contributed by atoms with Gasteiger partial charge in [0.25, 0.3) is 0 Å². The Balaban J connectivity index is 1.85. The topological polar surface area (TPSA) is 38.1 Å². The first-order valence-corrected chi connectivity index (χ1v) is 7.82. The molecule has 0 spiro atoms. The molecule has 0 bridgehead atoms. The van der Waals surface area contributed by atoms with Crippen LogP contribution in [0.4, 0.5) is 0 Å². The molecule has 23 heavy (non-hydrogen) atoms. The van der Waals surface area contributed by atoms with E-state index in [2.05, 4.69) is 15.5 Å². The number of aryl methyl sites for hydroxylation is 1. The van der Waals surface area contributed by atoms with Crippen LogP contribution >= 0.6 is 0 Å². The third-order valence-corrected chi connectivity index (χ3v) is 3.85. The van der Waals surface area contributed by atoms with Crippen molar-refractivity contribution in [2.75, 3.05) is 14.1 Å². The average molecular weight is 307 g/mol. The van der Waals surface area contributed by atoms with Crippen molar-refractivity contribution in [1.29, 1.82) is 0 Å². The second kappa shape index (κ2) is 6.75. The number of Topliss-reactive ketones (excluding diaryl/α,β-unsaturated/α-hetero) is 1. The van der Waals surface area contributed by atoms with Crippen molar-refractivity contribution < 1.29 is 4.79 Å². The summed E-state index contributed by atoms with van der Waals surface area (Å²) >= 11 is 0. The third kappa shape index (κ3) is 3.48. The number of fused-ring (bicyclic) bond motifs is 1. The summed E-state index contributed by atoms with van der Waals surface area (Å²) < 4.78 is 2.16. The van der Waals surface area contributed by atoms with E-state index >= 15 is 0 Å². The fourth-order valence-corrected chi connectivity index (χ4v) is 2.76. The van der Waals surface area contributed by atoms with E-state index in [0.717, 1.165) is 29.0 Å². The second-order valence-corrected chi connectivity index (χ2v) is 5.95. The van der Waals surface area contributed by atoms with Crippen LogP contribution in [0, 0.1) is 0 Å². The first-order chi connectivity index (χ1) is 11.1. The van der Waals surface area contributed by atoms with Crippen molar-refractivity contribution in [3.05, 3.63) is 66.0 Å². The van der Waals surface area contributed by atoms with Crippen molar-refractivity contribution in [3.63, 3.8) is 0 Å². The number of benzene rings is 2. The molecule has 1 heterocycles. The van der Waals surface area contributed by atoms with Crippen LogP contribution in [-0.4, -0.2) is 34.3 Å². The van der Waals surface area contributed by atoms with Gasteiger partial charge in [0.2, 0.25) is 0 Å². The fourth-order valence-electron chi connectivity index (χ4n) is 2.76. The molecule has 0 aliphatic carbocycles. The molecule has 0 unspecified atom stereocenters. The highest BCUT2D eigenvalue weighted by Gasteiger charge is 2.13. The van der Waals surface area contributed by atoms with E-state index in [4.69, 9.17) is 4.98 Å². The van der Waals surface area contributed by atoms with Gasteiger partial charge in [0.1, 0.15) is 5.82 Å². The molecular formula is C19H21N3O. The number of rotatable bonds is 6. The van der Waals surface area contributed by atoms with Crippen LogP contribution in [0.2, 0.25) is 0 Å². The van der Waals surface area contributed by atoms with Gasteiger partial charge in [-0.1, -0.05) is 42.5 Å². The lowest BCUT2D eigenvalue weighted by Gasteiger charge is -2.12. The average Bonchev–Trinajstić information content (AvgIpc) is 2.90. The van der Waals surface area contributed by atoms with Gasteiger partial charge in [-0.3, -0.25) is 4.79 Å². The first kappa shape index (κ1) is 15.4. The van der Waals surface area contributed by atoms with Gasteiger partial charge in [0, 0.05) is 18.5 Å². The van der Waals surface area contributed by atoms with Gasteiger partial charge in [-0.25, -0.2) is 4.98 Å². The van der Waals surface area contributed by atoms with E-state index in [9.17, 15) is 4.79 Å². The molecule has 0 saturated heterocycles. The molecule has 1 aromatic heterocycles. The molecule has 3 rings (SSSR count). The number of ketones is 1. The number of hydrogen-bond donors (Lipinski definition) is 0. The standard InChI is InChI=1S/C19H21N3O/c1-21(2)14-19-20-16-10-6-7-11-17(16)22(19)13-12-18(23)15-8-4-3-5-9-15/h3-11H,12-14H2,1-2H3. The Bertz CT molecular complexity index is 806. The zero-order valence-electron chi connectivity index (χ0n) is 13.6. The van der Waals surface area contributed by atoms with E-state index in [0.29, 0.717) is 13.0 Å². The monoisotopic (exact) mass is 307 g/mol. The summed E-state index contributed by atoms with van der Waals surface area (Å²) in [4.78, 5) is 19.2. The smallest absolute Gasteiger partial charge is 0.164 e. The molecule has 0 fully saturated rings. The predicted octanol–water partition coefficient (Wildman–Crippen LogP) is 3.37. The molecule has 4 nitrogen and oxygen atoms in total. The molecule has 0 amide bonds. The molecule has 0 saturated carbocycles. The molecular weight excluding hydrogens is 286 g/mol. The third-order valence-electron chi connectivity index (χ3n) is 3.85. The molecule has 3 aromatic rings. The highest BCUT2D eigenvalue weighted by Crippen LogP contribution is 2.18. The number of aromatic nitrogens is 2. The Kier molecular flexibility index (Phi) is 4.53. The Morgan fingerprint density at radius 1 is 1.04 bits per heavy atom. The summed E-state index contributed by atoms with van der Waals surface area (Å²) in [6.07, 6.45) is 0.477. The van der Waals surface area contributed by atoms with Gasteiger partial charge in [-0.05, 0) is 26.2 Å². The molecule has 0 N–H and O–H groups in total. The van der Waals surface area contributed by atoms with E-state index < -0.39 is 0 Å². The number of para-hydroxylation sites is 2. The van der Waals surface area contributed by atoms with Crippen LogP contribution in [0.5, 0.6) is 0 Å². The molecule has 0 atom stereocenters. The zero-order valence-corrected chi connectivity index (χ0v) is 13.6. The minimum Gasteiger partial charge on any atom is -0.326 e. The Morgan fingerprint density at radius 2 is 1.74 bits per heavy atom. The van der Waals surface area contributed by atoms with E-state index in [-0.39, 0.29) is 5.78 Å². The maximum absolute atomic E-state index is 12.4. The number of hydrogen-bond acceptors (Lipinski definition) is 3. The lowest BCUT2D eigenvalue weighted by molar-refractivity contribution is 0.0977. The van der Waals surface area contributed by atoms with Gasteiger partial charge in [0.05, 0.1) is 17.6 Å². The number of nitrogens with zero attached hydrogens (tertiary/aromatic N) is 3. The molecule has 2 aromatic carbocycles. The normalized spacial score (nSPS) is 11.3. The van der Waals surface area contributed by atoms with Crippen molar-refractivity contribution >= 4 is 16.8 Å². The maximum Gasteiger partial charge on any atom is 0.164 e. The van der Waals surface area contributed by atoms with Gasteiger partial charge < -0.3 is 9.47 Å². The molecule has 0 radical (unpaired) electrons. The largest absolute Gasteiger partial charge is 0.326 e. The predicted molar refractivity (Wildman–Crippen MR) is 92.5 cm³/mol. The minimum absolute atomic E-state index is 0.166. The molecule has 118 valence electrons. The summed E-state index contributed by atoms with van der Waals surface area (Å²) in [5.74, 6) is 1.16. The van der Waals surface area contributed by atoms with E-state index in [1.165, 1.54) is 0 Å². The molecule has 0 aliphatic rings. The lowest BCUT2D eigenvalue weighted by Crippen LogP contribution is -2.16. The zero-order chi connectivity index (χ0) is 16.2. The molecule has 4 heteroatoms. The summed E-state index contributed by atoms with van der Waals surface area (Å²) in [7, 11) is 4.05. The van der Waals surface area contributed by atoms with Crippen molar-refractivity contribution in [3.8, 4) is 0 Å². The Hall–Kier alpha value is -2.46. The van der Waals surface area contributed by atoms with Crippen molar-refractivity contribution in [2.45, 2.75) is 19.5 Å². The highest BCUT2D eigenvalue weighted by molar-refractivity contribution is 5.96. The minimum atomic E-state index is 0.166. The summed E-state index contributed by atoms with van der Waals surface area (Å²) in [5, 5.41) is 0. The van der Waals surface area contributed by atoms with Crippen molar-refractivity contribution in [1.82, 2.24) is 14.5 Å². The Labute approximate surface area is 136 Å². The van der Waals surface area contributed by atoms with Gasteiger partial charge in [-0.15, -0.1) is 0 Å². The van der Waals surface area contributed by atoms with E-state index in [1.54, 1.807) is 0 Å². The fraction of sp³-hybridized carbons (Fsp3) is 0.263. The highest BCUT2D eigenvalue weighted by atomic mass is 16.1. The van der Waals surface area contributed by atoms with Crippen molar-refractivity contribution in [2.24, 2.45) is 0 Å². The van der Waals surface area contributed by atoms with Crippen LogP contribution in [0.25, 0.3) is 11.0 Å². The summed E-state index contributed by atoms with van der Waals surface area (Å²) in [6, 6.07) is 17.6. The first-order valence-electron chi connectivity index (χ1n) is 7.82. The number of carbonyl (C=O) groups excluding carboxylic acids is 1. The van der Waals surface area contributed by atoms with Gasteiger partial charge >= 0.3 is 0 Å². The number of carbonyl (C=O) groups is 1. The number of imidazole rings is 1. The Morgan fingerprint density at radius 3 is 2.48 bits per heavy atom. The van der Waals surface area contributed by atoms with Crippen LogP contribution in [0.3, 0.4) is 0 Å². The summed E-state index contributed by atoms with van der Waals surface area (Å²) in [5.41, 5.74) is 2.84. The molecule has 0 aliphatic heterocycles. The summed E-state index contributed by atoms with van der Waals surface area (Å²) in [6.45, 7) is 1.41.